The first kappa shape index (κ1) is 23.7. The highest BCUT2D eigenvalue weighted by atomic mass is 32.2. The zero-order chi connectivity index (χ0) is 23.3. The minimum absolute atomic E-state index is 0.0315. The number of benzene rings is 2. The standard InChI is InChI=1S/C23H28N2O6S/c1-16(2)31-18-8-6-17(7-9-18)5-4-14-24-32(28,29)19-10-11-21(30-3)20(15-19)25-22(26)12-13-23(25)27/h6-11,15-16,24H,4-5,12-14H2,1-3H3. The van der Waals surface area contributed by atoms with Crippen LogP contribution in [0.5, 0.6) is 11.5 Å². The molecule has 1 aliphatic heterocycles. The highest BCUT2D eigenvalue weighted by Gasteiger charge is 2.33. The molecule has 0 spiro atoms. The quantitative estimate of drug-likeness (QED) is 0.432. The smallest absolute Gasteiger partial charge is 0.240 e. The summed E-state index contributed by atoms with van der Waals surface area (Å²) in [5.41, 5.74) is 1.23. The lowest BCUT2D eigenvalue weighted by Crippen LogP contribution is -2.30. The fourth-order valence-corrected chi connectivity index (χ4v) is 4.54. The fraction of sp³-hybridized carbons (Fsp3) is 0.391. The first-order chi connectivity index (χ1) is 15.2. The van der Waals surface area contributed by atoms with Gasteiger partial charge >= 0.3 is 0 Å². The third-order valence-corrected chi connectivity index (χ3v) is 6.44. The third-order valence-electron chi connectivity index (χ3n) is 4.98. The molecule has 2 aromatic carbocycles. The summed E-state index contributed by atoms with van der Waals surface area (Å²) < 4.78 is 39.0. The van der Waals surface area contributed by atoms with Gasteiger partial charge in [0.2, 0.25) is 21.8 Å². The Bertz CT molecular complexity index is 1060. The van der Waals surface area contributed by atoms with Gasteiger partial charge in [0.25, 0.3) is 0 Å². The van der Waals surface area contributed by atoms with Crippen molar-refractivity contribution in [1.82, 2.24) is 4.72 Å². The number of amides is 2. The van der Waals surface area contributed by atoms with Gasteiger partial charge in [-0.1, -0.05) is 12.1 Å². The van der Waals surface area contributed by atoms with Gasteiger partial charge in [0.1, 0.15) is 11.5 Å². The normalized spacial score (nSPS) is 14.3. The topological polar surface area (TPSA) is 102 Å². The molecule has 1 saturated heterocycles. The summed E-state index contributed by atoms with van der Waals surface area (Å²) in [6.45, 7) is 4.18. The van der Waals surface area contributed by atoms with Gasteiger partial charge in [-0.2, -0.15) is 0 Å². The van der Waals surface area contributed by atoms with Gasteiger partial charge in [0.05, 0.1) is 23.8 Å². The van der Waals surface area contributed by atoms with E-state index in [1.807, 2.05) is 38.1 Å². The zero-order valence-corrected chi connectivity index (χ0v) is 19.3. The van der Waals surface area contributed by atoms with Crippen LogP contribution >= 0.6 is 0 Å². The molecule has 0 aliphatic carbocycles. The second kappa shape index (κ2) is 10.1. The number of carbonyl (C=O) groups is 2. The number of imide groups is 1. The van der Waals surface area contributed by atoms with Gasteiger partial charge in [-0.3, -0.25) is 9.59 Å². The van der Waals surface area contributed by atoms with E-state index >= 15 is 0 Å². The Hall–Kier alpha value is -2.91. The molecule has 0 unspecified atom stereocenters. The van der Waals surface area contributed by atoms with E-state index in [4.69, 9.17) is 9.47 Å². The van der Waals surface area contributed by atoms with E-state index in [1.54, 1.807) is 0 Å². The molecule has 0 atom stereocenters. The van der Waals surface area contributed by atoms with E-state index in [-0.39, 0.29) is 53.6 Å². The number of rotatable bonds is 10. The Kier molecular flexibility index (Phi) is 7.52. The average molecular weight is 461 g/mol. The lowest BCUT2D eigenvalue weighted by atomic mass is 10.1. The van der Waals surface area contributed by atoms with Crippen molar-refractivity contribution in [3.05, 3.63) is 48.0 Å². The predicted molar refractivity (Wildman–Crippen MR) is 120 cm³/mol. The summed E-state index contributed by atoms with van der Waals surface area (Å²) in [6.07, 6.45) is 1.62. The summed E-state index contributed by atoms with van der Waals surface area (Å²) >= 11 is 0. The molecule has 1 aliphatic rings. The van der Waals surface area contributed by atoms with Gasteiger partial charge < -0.3 is 9.47 Å². The number of aryl methyl sites for hydroxylation is 1. The highest BCUT2D eigenvalue weighted by Crippen LogP contribution is 2.34. The maximum absolute atomic E-state index is 12.8. The van der Waals surface area contributed by atoms with Crippen LogP contribution < -0.4 is 19.1 Å². The van der Waals surface area contributed by atoms with E-state index in [0.29, 0.717) is 12.8 Å². The van der Waals surface area contributed by atoms with Crippen LogP contribution in [0.1, 0.15) is 38.7 Å². The third kappa shape index (κ3) is 5.66. The van der Waals surface area contributed by atoms with Crippen LogP contribution in [-0.2, 0) is 26.0 Å². The lowest BCUT2D eigenvalue weighted by molar-refractivity contribution is -0.121. The summed E-state index contributed by atoms with van der Waals surface area (Å²) in [7, 11) is -2.42. The van der Waals surface area contributed by atoms with Gasteiger partial charge in [0, 0.05) is 19.4 Å². The first-order valence-electron chi connectivity index (χ1n) is 10.5. The van der Waals surface area contributed by atoms with Crippen LogP contribution in [0.2, 0.25) is 0 Å². The second-order valence-electron chi connectivity index (χ2n) is 7.77. The molecule has 2 aromatic rings. The molecule has 0 aromatic heterocycles. The lowest BCUT2D eigenvalue weighted by Gasteiger charge is -2.18. The molecule has 2 amide bonds. The van der Waals surface area contributed by atoms with Crippen molar-refractivity contribution in [2.24, 2.45) is 0 Å². The second-order valence-corrected chi connectivity index (χ2v) is 9.54. The number of carbonyl (C=O) groups excluding carboxylic acids is 2. The number of methoxy groups -OCH3 is 1. The van der Waals surface area contributed by atoms with Gasteiger partial charge in [-0.15, -0.1) is 0 Å². The van der Waals surface area contributed by atoms with Crippen molar-refractivity contribution in [3.8, 4) is 11.5 Å². The molecular weight excluding hydrogens is 432 g/mol. The molecular formula is C23H28N2O6S. The summed E-state index contributed by atoms with van der Waals surface area (Å²) in [5.74, 6) is 0.313. The maximum Gasteiger partial charge on any atom is 0.240 e. The van der Waals surface area contributed by atoms with Crippen LogP contribution in [0.25, 0.3) is 0 Å². The van der Waals surface area contributed by atoms with E-state index in [1.165, 1.54) is 25.3 Å². The zero-order valence-electron chi connectivity index (χ0n) is 18.5. The minimum atomic E-state index is -3.82. The Morgan fingerprint density at radius 2 is 1.69 bits per heavy atom. The van der Waals surface area contributed by atoms with Crippen molar-refractivity contribution in [3.63, 3.8) is 0 Å². The molecule has 32 heavy (non-hydrogen) atoms. The molecule has 8 nitrogen and oxygen atoms in total. The summed E-state index contributed by atoms with van der Waals surface area (Å²) in [6, 6.07) is 11.9. The van der Waals surface area contributed by atoms with E-state index in [9.17, 15) is 18.0 Å². The largest absolute Gasteiger partial charge is 0.495 e. The summed E-state index contributed by atoms with van der Waals surface area (Å²) in [5, 5.41) is 0. The molecule has 172 valence electrons. The number of ether oxygens (including phenoxy) is 2. The monoisotopic (exact) mass is 460 g/mol. The van der Waals surface area contributed by atoms with Crippen LogP contribution in [0.3, 0.4) is 0 Å². The number of anilines is 1. The number of hydrogen-bond donors (Lipinski definition) is 1. The maximum atomic E-state index is 12.8. The van der Waals surface area contributed by atoms with Crippen LogP contribution in [0.4, 0.5) is 5.69 Å². The Labute approximate surface area is 188 Å². The molecule has 3 rings (SSSR count). The SMILES string of the molecule is COc1ccc(S(=O)(=O)NCCCc2ccc(OC(C)C)cc2)cc1N1C(=O)CCC1=O. The van der Waals surface area contributed by atoms with Crippen LogP contribution in [0.15, 0.2) is 47.4 Å². The van der Waals surface area contributed by atoms with Gasteiger partial charge in [0.15, 0.2) is 0 Å². The average Bonchev–Trinajstić information content (AvgIpc) is 3.09. The Morgan fingerprint density at radius 3 is 2.28 bits per heavy atom. The molecule has 9 heteroatoms. The Morgan fingerprint density at radius 1 is 1.03 bits per heavy atom. The molecule has 0 saturated carbocycles. The molecule has 1 heterocycles. The fourth-order valence-electron chi connectivity index (χ4n) is 3.45. The number of nitrogens with zero attached hydrogens (tertiary/aromatic N) is 1. The van der Waals surface area contributed by atoms with E-state index in [2.05, 4.69) is 4.72 Å². The number of nitrogens with one attached hydrogen (secondary N) is 1. The summed E-state index contributed by atoms with van der Waals surface area (Å²) in [4.78, 5) is 25.2. The van der Waals surface area contributed by atoms with Crippen LogP contribution in [-0.4, -0.2) is 40.0 Å². The molecule has 1 fully saturated rings. The first-order valence-corrected chi connectivity index (χ1v) is 12.0. The van der Waals surface area contributed by atoms with Crippen molar-refractivity contribution < 1.29 is 27.5 Å². The van der Waals surface area contributed by atoms with Crippen LogP contribution in [0, 0.1) is 0 Å². The molecule has 1 N–H and O–H groups in total. The molecule has 0 radical (unpaired) electrons. The van der Waals surface area contributed by atoms with E-state index < -0.39 is 10.0 Å². The highest BCUT2D eigenvalue weighted by molar-refractivity contribution is 7.89. The molecule has 0 bridgehead atoms. The van der Waals surface area contributed by atoms with Gasteiger partial charge in [-0.05, 0) is 62.6 Å². The number of hydrogen-bond acceptors (Lipinski definition) is 6. The predicted octanol–water partition coefficient (Wildman–Crippen LogP) is 3.05. The van der Waals surface area contributed by atoms with Gasteiger partial charge in [-0.25, -0.2) is 18.0 Å². The van der Waals surface area contributed by atoms with E-state index in [0.717, 1.165) is 16.2 Å². The van der Waals surface area contributed by atoms with Crippen molar-refractivity contribution in [2.45, 2.75) is 50.5 Å². The van der Waals surface area contributed by atoms with Crippen molar-refractivity contribution in [2.75, 3.05) is 18.6 Å². The van der Waals surface area contributed by atoms with Crippen molar-refractivity contribution >= 4 is 27.5 Å². The number of sulfonamides is 1. The Balaban J connectivity index is 1.63. The minimum Gasteiger partial charge on any atom is -0.495 e. The van der Waals surface area contributed by atoms with Crippen molar-refractivity contribution in [1.29, 1.82) is 0 Å².